The number of aromatic nitrogens is 1. The van der Waals surface area contributed by atoms with Crippen molar-refractivity contribution in [1.29, 1.82) is 0 Å². The fourth-order valence-corrected chi connectivity index (χ4v) is 1.55. The third kappa shape index (κ3) is 3.88. The molecule has 15 heavy (non-hydrogen) atoms. The molecule has 1 aromatic heterocycles. The zero-order valence-electron chi connectivity index (χ0n) is 9.79. The van der Waals surface area contributed by atoms with Crippen LogP contribution in [0.2, 0.25) is 0 Å². The van der Waals surface area contributed by atoms with Crippen molar-refractivity contribution in [2.24, 2.45) is 5.92 Å². The lowest BCUT2D eigenvalue weighted by molar-refractivity contribution is 0.444. The van der Waals surface area contributed by atoms with Crippen LogP contribution in [0.4, 0.5) is 0 Å². The SMILES string of the molecule is CCNCC(C)Cn1ccc(C)cc1=O. The van der Waals surface area contributed by atoms with Gasteiger partial charge in [0, 0.05) is 18.8 Å². The van der Waals surface area contributed by atoms with Gasteiger partial charge in [0.1, 0.15) is 0 Å². The van der Waals surface area contributed by atoms with E-state index < -0.39 is 0 Å². The largest absolute Gasteiger partial charge is 0.317 e. The predicted molar refractivity (Wildman–Crippen MR) is 63.1 cm³/mol. The molecule has 3 heteroatoms. The molecular weight excluding hydrogens is 188 g/mol. The molecule has 0 aliphatic rings. The fourth-order valence-electron chi connectivity index (χ4n) is 1.55. The van der Waals surface area contributed by atoms with Crippen LogP contribution in [0.3, 0.4) is 0 Å². The summed E-state index contributed by atoms with van der Waals surface area (Å²) in [5.41, 5.74) is 1.12. The summed E-state index contributed by atoms with van der Waals surface area (Å²) >= 11 is 0. The number of rotatable bonds is 5. The molecule has 0 amide bonds. The van der Waals surface area contributed by atoms with Gasteiger partial charge in [0.2, 0.25) is 0 Å². The summed E-state index contributed by atoms with van der Waals surface area (Å²) in [7, 11) is 0. The smallest absolute Gasteiger partial charge is 0.250 e. The molecule has 0 aliphatic heterocycles. The van der Waals surface area contributed by atoms with Crippen molar-refractivity contribution < 1.29 is 0 Å². The van der Waals surface area contributed by atoms with Gasteiger partial charge in [-0.25, -0.2) is 0 Å². The van der Waals surface area contributed by atoms with E-state index in [1.807, 2.05) is 19.2 Å². The molecule has 0 saturated heterocycles. The summed E-state index contributed by atoms with van der Waals surface area (Å²) in [4.78, 5) is 11.6. The Morgan fingerprint density at radius 3 is 2.87 bits per heavy atom. The number of nitrogens with one attached hydrogen (secondary N) is 1. The van der Waals surface area contributed by atoms with Crippen molar-refractivity contribution in [2.45, 2.75) is 27.3 Å². The van der Waals surface area contributed by atoms with Crippen molar-refractivity contribution >= 4 is 0 Å². The van der Waals surface area contributed by atoms with Gasteiger partial charge in [-0.15, -0.1) is 0 Å². The molecule has 0 spiro atoms. The first-order chi connectivity index (χ1) is 7.13. The minimum Gasteiger partial charge on any atom is -0.317 e. The van der Waals surface area contributed by atoms with Crippen LogP contribution < -0.4 is 10.9 Å². The number of aryl methyl sites for hydroxylation is 1. The molecule has 0 radical (unpaired) electrons. The standard InChI is InChI=1S/C12H20N2O/c1-4-13-8-11(3)9-14-6-5-10(2)7-12(14)15/h5-7,11,13H,4,8-9H2,1-3H3. The van der Waals surface area contributed by atoms with Gasteiger partial charge in [-0.3, -0.25) is 4.79 Å². The second-order valence-corrected chi connectivity index (χ2v) is 4.11. The van der Waals surface area contributed by atoms with Crippen molar-refractivity contribution in [2.75, 3.05) is 13.1 Å². The van der Waals surface area contributed by atoms with E-state index in [0.717, 1.165) is 25.2 Å². The molecule has 0 aliphatic carbocycles. The van der Waals surface area contributed by atoms with Crippen molar-refractivity contribution in [3.05, 3.63) is 34.2 Å². The van der Waals surface area contributed by atoms with E-state index in [1.165, 1.54) is 0 Å². The molecular formula is C12H20N2O. The maximum absolute atomic E-state index is 11.6. The van der Waals surface area contributed by atoms with Crippen molar-refractivity contribution in [3.8, 4) is 0 Å². The Bertz CT molecular complexity index is 357. The van der Waals surface area contributed by atoms with E-state index in [9.17, 15) is 4.79 Å². The highest BCUT2D eigenvalue weighted by atomic mass is 16.1. The highest BCUT2D eigenvalue weighted by Crippen LogP contribution is 1.98. The van der Waals surface area contributed by atoms with E-state index in [-0.39, 0.29) is 5.56 Å². The van der Waals surface area contributed by atoms with Gasteiger partial charge >= 0.3 is 0 Å². The van der Waals surface area contributed by atoms with Crippen molar-refractivity contribution in [1.82, 2.24) is 9.88 Å². The number of hydrogen-bond acceptors (Lipinski definition) is 2. The van der Waals surface area contributed by atoms with Gasteiger partial charge in [0.25, 0.3) is 5.56 Å². The maximum Gasteiger partial charge on any atom is 0.250 e. The van der Waals surface area contributed by atoms with Gasteiger partial charge in [-0.05, 0) is 37.6 Å². The van der Waals surface area contributed by atoms with Crippen LogP contribution in [0.25, 0.3) is 0 Å². The van der Waals surface area contributed by atoms with E-state index in [4.69, 9.17) is 0 Å². The quantitative estimate of drug-likeness (QED) is 0.793. The van der Waals surface area contributed by atoms with Crippen LogP contribution in [-0.2, 0) is 6.54 Å². The number of hydrogen-bond donors (Lipinski definition) is 1. The maximum atomic E-state index is 11.6. The summed E-state index contributed by atoms with van der Waals surface area (Å²) in [5, 5.41) is 3.28. The van der Waals surface area contributed by atoms with Crippen molar-refractivity contribution in [3.63, 3.8) is 0 Å². The van der Waals surface area contributed by atoms with Crippen LogP contribution in [0.15, 0.2) is 23.1 Å². The Morgan fingerprint density at radius 2 is 2.27 bits per heavy atom. The van der Waals surface area contributed by atoms with Gasteiger partial charge in [-0.1, -0.05) is 13.8 Å². The van der Waals surface area contributed by atoms with E-state index in [1.54, 1.807) is 10.6 Å². The third-order valence-corrected chi connectivity index (χ3v) is 2.40. The van der Waals surface area contributed by atoms with Gasteiger partial charge in [0.15, 0.2) is 0 Å². The minimum atomic E-state index is 0.0957. The molecule has 1 N–H and O–H groups in total. The van der Waals surface area contributed by atoms with Gasteiger partial charge in [-0.2, -0.15) is 0 Å². The molecule has 0 aromatic carbocycles. The second kappa shape index (κ2) is 5.71. The average molecular weight is 208 g/mol. The lowest BCUT2D eigenvalue weighted by Gasteiger charge is -2.13. The van der Waals surface area contributed by atoms with Crippen LogP contribution >= 0.6 is 0 Å². The number of pyridine rings is 1. The first kappa shape index (κ1) is 12.0. The zero-order chi connectivity index (χ0) is 11.3. The summed E-state index contributed by atoms with van der Waals surface area (Å²) < 4.78 is 1.77. The molecule has 1 heterocycles. The Balaban J connectivity index is 2.60. The number of nitrogens with zero attached hydrogens (tertiary/aromatic N) is 1. The van der Waals surface area contributed by atoms with Crippen LogP contribution in [-0.4, -0.2) is 17.7 Å². The fraction of sp³-hybridized carbons (Fsp3) is 0.583. The summed E-state index contributed by atoms with van der Waals surface area (Å²) in [6, 6.07) is 3.65. The summed E-state index contributed by atoms with van der Waals surface area (Å²) in [5.74, 6) is 0.477. The van der Waals surface area contributed by atoms with Crippen LogP contribution in [0.5, 0.6) is 0 Å². The van der Waals surface area contributed by atoms with E-state index >= 15 is 0 Å². The predicted octanol–water partition coefficient (Wildman–Crippen LogP) is 1.40. The third-order valence-electron chi connectivity index (χ3n) is 2.40. The lowest BCUT2D eigenvalue weighted by atomic mass is 10.1. The molecule has 0 bridgehead atoms. The average Bonchev–Trinajstić information content (AvgIpc) is 2.19. The first-order valence-electron chi connectivity index (χ1n) is 5.51. The Labute approximate surface area is 91.1 Å². The second-order valence-electron chi connectivity index (χ2n) is 4.11. The lowest BCUT2D eigenvalue weighted by Crippen LogP contribution is -2.28. The molecule has 84 valence electrons. The monoisotopic (exact) mass is 208 g/mol. The first-order valence-corrected chi connectivity index (χ1v) is 5.51. The topological polar surface area (TPSA) is 34.0 Å². The van der Waals surface area contributed by atoms with Gasteiger partial charge in [0.05, 0.1) is 0 Å². The molecule has 1 unspecified atom stereocenters. The van der Waals surface area contributed by atoms with E-state index in [0.29, 0.717) is 5.92 Å². The highest BCUT2D eigenvalue weighted by Gasteiger charge is 2.03. The normalized spacial score (nSPS) is 12.7. The minimum absolute atomic E-state index is 0.0957. The molecule has 0 fully saturated rings. The Kier molecular flexibility index (Phi) is 4.56. The zero-order valence-corrected chi connectivity index (χ0v) is 9.79. The highest BCUT2D eigenvalue weighted by molar-refractivity contribution is 5.07. The molecule has 1 atom stereocenters. The van der Waals surface area contributed by atoms with Crippen LogP contribution in [0.1, 0.15) is 19.4 Å². The molecule has 1 rings (SSSR count). The Morgan fingerprint density at radius 1 is 1.53 bits per heavy atom. The summed E-state index contributed by atoms with van der Waals surface area (Å²) in [6.07, 6.45) is 1.88. The molecule has 1 aromatic rings. The summed E-state index contributed by atoms with van der Waals surface area (Å²) in [6.45, 7) is 8.89. The molecule has 0 saturated carbocycles. The Hall–Kier alpha value is -1.09. The van der Waals surface area contributed by atoms with Crippen LogP contribution in [0, 0.1) is 12.8 Å². The van der Waals surface area contributed by atoms with E-state index in [2.05, 4.69) is 19.2 Å². The van der Waals surface area contributed by atoms with Gasteiger partial charge < -0.3 is 9.88 Å². The molecule has 3 nitrogen and oxygen atoms in total.